The zero-order valence-electron chi connectivity index (χ0n) is 19.7. The first kappa shape index (κ1) is 22.5. The molecule has 1 atom stereocenters. The van der Waals surface area contributed by atoms with Crippen molar-refractivity contribution < 1.29 is 9.90 Å². The first-order valence-electron chi connectivity index (χ1n) is 11.1. The van der Waals surface area contributed by atoms with E-state index in [4.69, 9.17) is 0 Å². The maximum absolute atomic E-state index is 11.9. The second-order valence-corrected chi connectivity index (χ2v) is 9.81. The van der Waals surface area contributed by atoms with E-state index in [0.29, 0.717) is 5.92 Å². The Morgan fingerprint density at radius 3 is 2.25 bits per heavy atom. The largest absolute Gasteiger partial charge is 0.481 e. The number of carbonyl (C=O) groups is 1. The lowest BCUT2D eigenvalue weighted by Crippen LogP contribution is -2.31. The van der Waals surface area contributed by atoms with Gasteiger partial charge in [0.25, 0.3) is 0 Å². The Hall–Kier alpha value is -2.72. The van der Waals surface area contributed by atoms with Crippen LogP contribution in [0.1, 0.15) is 47.7 Å². The number of carboxylic acid groups (broad SMARTS) is 1. The number of rotatable bonds is 5. The van der Waals surface area contributed by atoms with Crippen LogP contribution in [-0.2, 0) is 11.2 Å². The summed E-state index contributed by atoms with van der Waals surface area (Å²) in [6, 6.07) is 17.4. The minimum absolute atomic E-state index is 0.0133. The summed E-state index contributed by atoms with van der Waals surface area (Å²) >= 11 is 1.73. The number of hydrogen-bond donors (Lipinski definition) is 1. The number of benzene rings is 3. The summed E-state index contributed by atoms with van der Waals surface area (Å²) in [5, 5.41) is 9.80. The van der Waals surface area contributed by atoms with Crippen LogP contribution in [0.5, 0.6) is 0 Å². The Morgan fingerprint density at radius 2 is 1.66 bits per heavy atom. The summed E-state index contributed by atoms with van der Waals surface area (Å²) in [4.78, 5) is 11.9. The lowest BCUT2D eigenvalue weighted by atomic mass is 9.78. The minimum atomic E-state index is -0.798. The number of aliphatic carboxylic acids is 1. The minimum Gasteiger partial charge on any atom is -0.481 e. The number of hydrogen-bond acceptors (Lipinski definition) is 3. The van der Waals surface area contributed by atoms with Crippen molar-refractivity contribution in [2.45, 2.75) is 47.1 Å². The standard InChI is InChI=1S/C28H31NO2S/c1-16(2)27-22-10-8-7-9-21(22)26-19(5)25(20-13-11-17(3)12-14-20)23(15-24(30)31)18(4)28(26)29(27)32-6/h7-14,16,27H,15H2,1-6H3,(H,30,31). The lowest BCUT2D eigenvalue weighted by molar-refractivity contribution is -0.136. The second-order valence-electron chi connectivity index (χ2n) is 9.05. The predicted molar refractivity (Wildman–Crippen MR) is 136 cm³/mol. The van der Waals surface area contributed by atoms with E-state index in [1.54, 1.807) is 11.9 Å². The molecule has 0 fully saturated rings. The van der Waals surface area contributed by atoms with E-state index >= 15 is 0 Å². The smallest absolute Gasteiger partial charge is 0.307 e. The number of nitrogens with zero attached hydrogens (tertiary/aromatic N) is 1. The lowest BCUT2D eigenvalue weighted by Gasteiger charge is -2.43. The molecule has 4 heteroatoms. The van der Waals surface area contributed by atoms with Crippen LogP contribution in [0.4, 0.5) is 5.69 Å². The third-order valence-corrected chi connectivity index (χ3v) is 7.42. The first-order chi connectivity index (χ1) is 15.3. The summed E-state index contributed by atoms with van der Waals surface area (Å²) < 4.78 is 2.41. The number of aryl methyl sites for hydroxylation is 1. The van der Waals surface area contributed by atoms with Crippen LogP contribution in [0.2, 0.25) is 0 Å². The van der Waals surface area contributed by atoms with E-state index in [1.807, 2.05) is 0 Å². The van der Waals surface area contributed by atoms with E-state index in [1.165, 1.54) is 27.9 Å². The van der Waals surface area contributed by atoms with Crippen LogP contribution in [0, 0.1) is 26.7 Å². The van der Waals surface area contributed by atoms with Gasteiger partial charge in [0.1, 0.15) is 0 Å². The molecule has 3 aromatic carbocycles. The number of fused-ring (bicyclic) bond motifs is 3. The summed E-state index contributed by atoms with van der Waals surface area (Å²) in [6.07, 6.45) is 2.13. The van der Waals surface area contributed by atoms with Crippen molar-refractivity contribution in [3.05, 3.63) is 76.3 Å². The molecule has 0 radical (unpaired) electrons. The van der Waals surface area contributed by atoms with Gasteiger partial charge in [-0.05, 0) is 65.6 Å². The third kappa shape index (κ3) is 3.61. The van der Waals surface area contributed by atoms with Crippen LogP contribution >= 0.6 is 11.9 Å². The molecule has 1 unspecified atom stereocenters. The van der Waals surface area contributed by atoms with Crippen LogP contribution in [0.25, 0.3) is 22.3 Å². The maximum Gasteiger partial charge on any atom is 0.307 e. The molecule has 0 saturated heterocycles. The van der Waals surface area contributed by atoms with Gasteiger partial charge in [0.15, 0.2) is 0 Å². The summed E-state index contributed by atoms with van der Waals surface area (Å²) in [5.41, 5.74) is 11.5. The fraction of sp³-hybridized carbons (Fsp3) is 0.321. The summed E-state index contributed by atoms with van der Waals surface area (Å²) in [7, 11) is 0. The quantitative estimate of drug-likeness (QED) is 0.416. The number of anilines is 1. The van der Waals surface area contributed by atoms with Crippen LogP contribution in [-0.4, -0.2) is 17.3 Å². The molecular weight excluding hydrogens is 414 g/mol. The van der Waals surface area contributed by atoms with Gasteiger partial charge in [-0.3, -0.25) is 4.79 Å². The Balaban J connectivity index is 2.13. The Bertz CT molecular complexity index is 1180. The van der Waals surface area contributed by atoms with Crippen LogP contribution < -0.4 is 4.31 Å². The molecule has 0 amide bonds. The fourth-order valence-corrected chi connectivity index (χ4v) is 6.21. The highest BCUT2D eigenvalue weighted by Crippen LogP contribution is 2.55. The van der Waals surface area contributed by atoms with Crippen molar-refractivity contribution >= 4 is 23.6 Å². The maximum atomic E-state index is 11.9. The van der Waals surface area contributed by atoms with Gasteiger partial charge >= 0.3 is 5.97 Å². The molecule has 1 N–H and O–H groups in total. The topological polar surface area (TPSA) is 40.5 Å². The van der Waals surface area contributed by atoms with Gasteiger partial charge in [0.05, 0.1) is 18.2 Å². The van der Waals surface area contributed by atoms with Crippen molar-refractivity contribution in [2.75, 3.05) is 10.6 Å². The molecule has 0 bridgehead atoms. The molecule has 1 heterocycles. The molecule has 1 aliphatic rings. The van der Waals surface area contributed by atoms with Crippen molar-refractivity contribution in [1.29, 1.82) is 0 Å². The van der Waals surface area contributed by atoms with Crippen molar-refractivity contribution in [3.8, 4) is 22.3 Å². The van der Waals surface area contributed by atoms with Gasteiger partial charge < -0.3 is 9.41 Å². The molecular formula is C28H31NO2S. The molecule has 0 aliphatic carbocycles. The number of carboxylic acids is 1. The van der Waals surface area contributed by atoms with Gasteiger partial charge in [-0.2, -0.15) is 0 Å². The van der Waals surface area contributed by atoms with Gasteiger partial charge in [-0.15, -0.1) is 0 Å². The van der Waals surface area contributed by atoms with Crippen molar-refractivity contribution in [3.63, 3.8) is 0 Å². The normalized spacial score (nSPS) is 15.0. The first-order valence-corrected chi connectivity index (χ1v) is 12.3. The van der Waals surface area contributed by atoms with E-state index in [2.05, 4.69) is 93.7 Å². The monoisotopic (exact) mass is 445 g/mol. The zero-order chi connectivity index (χ0) is 23.2. The molecule has 4 rings (SSSR count). The van der Waals surface area contributed by atoms with E-state index < -0.39 is 5.97 Å². The molecule has 32 heavy (non-hydrogen) atoms. The highest BCUT2D eigenvalue weighted by molar-refractivity contribution is 8.00. The zero-order valence-corrected chi connectivity index (χ0v) is 20.5. The molecule has 166 valence electrons. The van der Waals surface area contributed by atoms with E-state index in [0.717, 1.165) is 27.8 Å². The molecule has 3 nitrogen and oxygen atoms in total. The van der Waals surface area contributed by atoms with E-state index in [-0.39, 0.29) is 12.5 Å². The molecule has 3 aromatic rings. The molecule has 1 aliphatic heterocycles. The average molecular weight is 446 g/mol. The summed E-state index contributed by atoms with van der Waals surface area (Å²) in [6.45, 7) is 10.9. The SMILES string of the molecule is CSN1c2c(C)c(CC(=O)O)c(-c3ccc(C)cc3)c(C)c2-c2ccccc2C1C(C)C. The van der Waals surface area contributed by atoms with Gasteiger partial charge in [0, 0.05) is 11.8 Å². The van der Waals surface area contributed by atoms with Crippen LogP contribution in [0.3, 0.4) is 0 Å². The Labute approximate surface area is 195 Å². The highest BCUT2D eigenvalue weighted by Gasteiger charge is 2.36. The third-order valence-electron chi connectivity index (χ3n) is 6.61. The second kappa shape index (κ2) is 8.67. The van der Waals surface area contributed by atoms with Gasteiger partial charge in [-0.25, -0.2) is 0 Å². The van der Waals surface area contributed by atoms with Crippen molar-refractivity contribution in [1.82, 2.24) is 0 Å². The average Bonchev–Trinajstić information content (AvgIpc) is 2.76. The van der Waals surface area contributed by atoms with Gasteiger partial charge in [-0.1, -0.05) is 79.9 Å². The highest BCUT2D eigenvalue weighted by atomic mass is 32.2. The van der Waals surface area contributed by atoms with E-state index in [9.17, 15) is 9.90 Å². The Kier molecular flexibility index (Phi) is 6.09. The van der Waals surface area contributed by atoms with Gasteiger partial charge in [0.2, 0.25) is 0 Å². The predicted octanol–water partition coefficient (Wildman–Crippen LogP) is 7.37. The fourth-order valence-electron chi connectivity index (χ4n) is 5.22. The Morgan fingerprint density at radius 1 is 1.00 bits per heavy atom. The molecule has 0 aromatic heterocycles. The molecule has 0 saturated carbocycles. The summed E-state index contributed by atoms with van der Waals surface area (Å²) in [5.74, 6) is -0.385. The molecule has 0 spiro atoms. The van der Waals surface area contributed by atoms with Crippen molar-refractivity contribution in [2.24, 2.45) is 5.92 Å². The van der Waals surface area contributed by atoms with Crippen LogP contribution in [0.15, 0.2) is 48.5 Å².